The maximum absolute atomic E-state index is 13.0. The van der Waals surface area contributed by atoms with Crippen molar-refractivity contribution >= 4 is 35.1 Å². The topological polar surface area (TPSA) is 75.7 Å². The molecule has 0 saturated heterocycles. The molecule has 6 nitrogen and oxygen atoms in total. The first-order valence-electron chi connectivity index (χ1n) is 9.92. The van der Waals surface area contributed by atoms with Crippen molar-refractivity contribution in [2.75, 3.05) is 11.4 Å². The molecule has 0 aliphatic carbocycles. The number of carbonyl (C=O) groups excluding carboxylic acids is 3. The van der Waals surface area contributed by atoms with Gasteiger partial charge in [-0.15, -0.1) is 0 Å². The van der Waals surface area contributed by atoms with Gasteiger partial charge in [-0.1, -0.05) is 29.8 Å². The van der Waals surface area contributed by atoms with Crippen LogP contribution < -0.4 is 10.2 Å². The predicted molar refractivity (Wildman–Crippen MR) is 116 cm³/mol. The third-order valence-electron chi connectivity index (χ3n) is 4.94. The second-order valence-corrected chi connectivity index (χ2v) is 7.96. The number of nitrogens with one attached hydrogen (secondary N) is 1. The van der Waals surface area contributed by atoms with Crippen molar-refractivity contribution in [1.29, 1.82) is 0 Å². The Morgan fingerprint density at radius 3 is 2.57 bits per heavy atom. The van der Waals surface area contributed by atoms with Crippen molar-refractivity contribution < 1.29 is 19.1 Å². The first-order chi connectivity index (χ1) is 14.3. The molecule has 2 aromatic rings. The molecule has 0 saturated carbocycles. The van der Waals surface area contributed by atoms with Gasteiger partial charge in [0.15, 0.2) is 0 Å². The van der Waals surface area contributed by atoms with Crippen LogP contribution in [0.5, 0.6) is 0 Å². The Bertz CT molecular complexity index is 973. The Morgan fingerprint density at radius 2 is 1.90 bits per heavy atom. The molecular formula is C23H25ClN2O4. The molecule has 0 fully saturated rings. The number of amides is 2. The second-order valence-electron chi connectivity index (χ2n) is 7.55. The summed E-state index contributed by atoms with van der Waals surface area (Å²) in [6.45, 7) is 5.69. The number of benzene rings is 2. The molecular weight excluding hydrogens is 404 g/mol. The number of nitrogens with zero attached hydrogens (tertiary/aromatic N) is 1. The van der Waals surface area contributed by atoms with E-state index < -0.39 is 12.0 Å². The zero-order valence-electron chi connectivity index (χ0n) is 17.3. The molecule has 0 spiro atoms. The highest BCUT2D eigenvalue weighted by atomic mass is 35.5. The minimum absolute atomic E-state index is 0.0200. The number of fused-ring (bicyclic) bond motifs is 1. The molecule has 2 amide bonds. The van der Waals surface area contributed by atoms with E-state index in [4.69, 9.17) is 16.3 Å². The number of anilines is 1. The summed E-state index contributed by atoms with van der Waals surface area (Å²) in [6.07, 6.45) is 0.419. The van der Waals surface area contributed by atoms with E-state index >= 15 is 0 Å². The van der Waals surface area contributed by atoms with Crippen molar-refractivity contribution in [3.8, 4) is 0 Å². The van der Waals surface area contributed by atoms with Gasteiger partial charge in [0.1, 0.15) is 0 Å². The molecule has 1 unspecified atom stereocenters. The highest BCUT2D eigenvalue weighted by molar-refractivity contribution is 6.31. The van der Waals surface area contributed by atoms with Crippen molar-refractivity contribution in [2.24, 2.45) is 0 Å². The minimum Gasteiger partial charge on any atom is -0.463 e. The first-order valence-corrected chi connectivity index (χ1v) is 10.3. The fourth-order valence-electron chi connectivity index (χ4n) is 3.59. The molecule has 2 aromatic carbocycles. The lowest BCUT2D eigenvalue weighted by molar-refractivity contribution is -0.148. The summed E-state index contributed by atoms with van der Waals surface area (Å²) in [5.74, 6) is -0.754. The van der Waals surface area contributed by atoms with Gasteiger partial charge in [0, 0.05) is 29.7 Å². The number of rotatable bonds is 6. The van der Waals surface area contributed by atoms with E-state index in [0.717, 1.165) is 11.3 Å². The summed E-state index contributed by atoms with van der Waals surface area (Å²) in [7, 11) is 0. The maximum Gasteiger partial charge on any atom is 0.308 e. The Balaban J connectivity index is 1.82. The summed E-state index contributed by atoms with van der Waals surface area (Å²) in [5, 5.41) is 3.38. The number of ether oxygens (including phenoxy) is 1. The molecule has 0 bridgehead atoms. The van der Waals surface area contributed by atoms with Crippen LogP contribution in [-0.2, 0) is 20.7 Å². The second kappa shape index (κ2) is 9.30. The van der Waals surface area contributed by atoms with Crippen molar-refractivity contribution in [1.82, 2.24) is 5.32 Å². The van der Waals surface area contributed by atoms with Crippen LogP contribution in [-0.4, -0.2) is 30.4 Å². The average molecular weight is 429 g/mol. The van der Waals surface area contributed by atoms with Gasteiger partial charge in [0.25, 0.3) is 5.91 Å². The Labute approximate surface area is 181 Å². The van der Waals surface area contributed by atoms with Gasteiger partial charge in [-0.2, -0.15) is 0 Å². The third-order valence-corrected chi connectivity index (χ3v) is 5.29. The molecule has 1 heterocycles. The Morgan fingerprint density at radius 1 is 1.17 bits per heavy atom. The van der Waals surface area contributed by atoms with Crippen LogP contribution in [0.2, 0.25) is 5.02 Å². The molecule has 158 valence electrons. The fraction of sp³-hybridized carbons (Fsp3) is 0.348. The molecule has 7 heteroatoms. The average Bonchev–Trinajstić information content (AvgIpc) is 3.10. The van der Waals surface area contributed by atoms with Crippen molar-refractivity contribution in [3.63, 3.8) is 0 Å². The molecule has 3 rings (SSSR count). The monoisotopic (exact) mass is 428 g/mol. The molecule has 1 N–H and O–H groups in total. The van der Waals surface area contributed by atoms with Crippen LogP contribution in [0.15, 0.2) is 42.5 Å². The third kappa shape index (κ3) is 5.00. The lowest BCUT2D eigenvalue weighted by Gasteiger charge is -2.21. The minimum atomic E-state index is -0.626. The molecule has 1 aliphatic heterocycles. The summed E-state index contributed by atoms with van der Waals surface area (Å²) < 4.78 is 5.25. The number of hydrogen-bond acceptors (Lipinski definition) is 4. The van der Waals surface area contributed by atoms with Crippen LogP contribution in [0, 0.1) is 0 Å². The summed E-state index contributed by atoms with van der Waals surface area (Å²) in [4.78, 5) is 38.7. The van der Waals surface area contributed by atoms with E-state index in [1.807, 2.05) is 0 Å². The number of carbonyl (C=O) groups is 3. The SMILES string of the molecule is CC(=O)N1CCc2cc(C(=O)NC(CC(=O)OC(C)C)c3ccccc3Cl)ccc21. The van der Waals surface area contributed by atoms with E-state index in [1.165, 1.54) is 6.92 Å². The predicted octanol–water partition coefficient (Wildman–Crippen LogP) is 4.06. The van der Waals surface area contributed by atoms with Gasteiger partial charge < -0.3 is 15.0 Å². The van der Waals surface area contributed by atoms with Crippen LogP contribution >= 0.6 is 11.6 Å². The lowest BCUT2D eigenvalue weighted by Crippen LogP contribution is -2.31. The van der Waals surface area contributed by atoms with E-state index in [1.54, 1.807) is 61.2 Å². The number of halogens is 1. The first kappa shape index (κ1) is 21.8. The van der Waals surface area contributed by atoms with E-state index in [0.29, 0.717) is 29.1 Å². The molecule has 1 aliphatic rings. The molecule has 0 radical (unpaired) electrons. The summed E-state index contributed by atoms with van der Waals surface area (Å²) in [6, 6.07) is 11.7. The van der Waals surface area contributed by atoms with Crippen LogP contribution in [0.25, 0.3) is 0 Å². The molecule has 1 atom stereocenters. The van der Waals surface area contributed by atoms with Gasteiger partial charge in [0.2, 0.25) is 5.91 Å². The number of hydrogen-bond donors (Lipinski definition) is 1. The van der Waals surface area contributed by atoms with Gasteiger partial charge in [-0.05, 0) is 55.7 Å². The highest BCUT2D eigenvalue weighted by Gasteiger charge is 2.25. The maximum atomic E-state index is 13.0. The summed E-state index contributed by atoms with van der Waals surface area (Å²) in [5.41, 5.74) is 2.90. The zero-order chi connectivity index (χ0) is 21.8. The fourth-order valence-corrected chi connectivity index (χ4v) is 3.85. The Kier molecular flexibility index (Phi) is 6.77. The highest BCUT2D eigenvalue weighted by Crippen LogP contribution is 2.30. The number of esters is 1. The van der Waals surface area contributed by atoms with Gasteiger partial charge in [-0.25, -0.2) is 0 Å². The van der Waals surface area contributed by atoms with E-state index in [-0.39, 0.29) is 24.3 Å². The van der Waals surface area contributed by atoms with Crippen molar-refractivity contribution in [3.05, 3.63) is 64.2 Å². The van der Waals surface area contributed by atoms with E-state index in [9.17, 15) is 14.4 Å². The normalized spacial score (nSPS) is 13.7. The lowest BCUT2D eigenvalue weighted by atomic mass is 10.0. The molecule has 30 heavy (non-hydrogen) atoms. The van der Waals surface area contributed by atoms with Gasteiger partial charge in [-0.3, -0.25) is 14.4 Å². The Hall–Kier alpha value is -2.86. The summed E-state index contributed by atoms with van der Waals surface area (Å²) >= 11 is 6.32. The smallest absolute Gasteiger partial charge is 0.308 e. The quantitative estimate of drug-likeness (QED) is 0.704. The van der Waals surface area contributed by atoms with Gasteiger partial charge in [0.05, 0.1) is 18.6 Å². The molecule has 0 aromatic heterocycles. The standard InChI is InChI=1S/C23H25ClN2O4/c1-14(2)30-22(28)13-20(18-6-4-5-7-19(18)24)25-23(29)17-8-9-21-16(12-17)10-11-26(21)15(3)27/h4-9,12,14,20H,10-11,13H2,1-3H3,(H,25,29). The largest absolute Gasteiger partial charge is 0.463 e. The van der Waals surface area contributed by atoms with Crippen LogP contribution in [0.4, 0.5) is 5.69 Å². The van der Waals surface area contributed by atoms with Gasteiger partial charge >= 0.3 is 5.97 Å². The zero-order valence-corrected chi connectivity index (χ0v) is 18.0. The van der Waals surface area contributed by atoms with Crippen LogP contribution in [0.3, 0.4) is 0 Å². The van der Waals surface area contributed by atoms with Crippen LogP contribution in [0.1, 0.15) is 54.7 Å². The van der Waals surface area contributed by atoms with Crippen molar-refractivity contribution in [2.45, 2.75) is 45.8 Å². The van der Waals surface area contributed by atoms with E-state index in [2.05, 4.69) is 5.32 Å².